The second-order valence-corrected chi connectivity index (χ2v) is 8.27. The number of benzene rings is 2. The quantitative estimate of drug-likeness (QED) is 0.611. The molecule has 2 heterocycles. The normalized spacial score (nSPS) is 18.8. The Hall–Kier alpha value is -3.90. The van der Waals surface area contributed by atoms with Crippen LogP contribution in [0.15, 0.2) is 40.9 Å². The molecule has 1 fully saturated rings. The van der Waals surface area contributed by atoms with Crippen LogP contribution in [0.3, 0.4) is 0 Å². The number of carbonyl (C=O) groups excluding carboxylic acids is 1. The molecule has 0 radical (unpaired) electrons. The first-order valence-corrected chi connectivity index (χ1v) is 10.7. The molecule has 1 saturated heterocycles. The van der Waals surface area contributed by atoms with Crippen LogP contribution in [0, 0.1) is 11.3 Å². The van der Waals surface area contributed by atoms with Crippen LogP contribution in [0.4, 0.5) is 4.79 Å². The number of fused-ring (bicyclic) bond motifs is 3. The number of carbonyl (C=O) groups is 1. The Morgan fingerprint density at radius 1 is 1.33 bits per heavy atom. The zero-order valence-corrected chi connectivity index (χ0v) is 18.2. The van der Waals surface area contributed by atoms with E-state index in [1.165, 1.54) is 0 Å². The fourth-order valence-corrected chi connectivity index (χ4v) is 4.51. The number of hydrogen-bond donors (Lipinski definition) is 1. The second-order valence-electron chi connectivity index (χ2n) is 8.27. The van der Waals surface area contributed by atoms with Crippen LogP contribution in [-0.2, 0) is 11.2 Å². The van der Waals surface area contributed by atoms with Crippen molar-refractivity contribution in [3.05, 3.63) is 53.1 Å². The Kier molecular flexibility index (Phi) is 5.23. The lowest BCUT2D eigenvalue weighted by molar-refractivity contribution is 0.130. The van der Waals surface area contributed by atoms with Crippen LogP contribution in [-0.4, -0.2) is 51.6 Å². The van der Waals surface area contributed by atoms with Crippen LogP contribution in [0.1, 0.15) is 36.6 Å². The summed E-state index contributed by atoms with van der Waals surface area (Å²) in [5.41, 5.74) is 3.77. The molecule has 0 bridgehead atoms. The van der Waals surface area contributed by atoms with Gasteiger partial charge in [-0.1, -0.05) is 23.4 Å². The Balaban J connectivity index is 1.48. The first-order chi connectivity index (χ1) is 16.0. The fraction of sp³-hybridized carbons (Fsp3) is 0.333. The van der Waals surface area contributed by atoms with Crippen molar-refractivity contribution in [2.75, 3.05) is 13.2 Å². The molecule has 1 aromatic heterocycles. The summed E-state index contributed by atoms with van der Waals surface area (Å²) in [5, 5.41) is 23.0. The number of nitriles is 1. The van der Waals surface area contributed by atoms with Gasteiger partial charge in [0.05, 0.1) is 24.3 Å². The predicted molar refractivity (Wildman–Crippen MR) is 116 cm³/mol. The SMILES string of the molecule is CC(C)Oc1ccc(-c2nc(-c3cccc4c3CC3OC(=O)N(CCO)[C@@H]43)no2)cc1C#N. The highest BCUT2D eigenvalue weighted by Gasteiger charge is 2.48. The number of β-amino-alcohol motifs (C(OH)–C–C–N with tert-alkyl or cyclic N) is 1. The first kappa shape index (κ1) is 21.0. The van der Waals surface area contributed by atoms with E-state index in [2.05, 4.69) is 16.2 Å². The van der Waals surface area contributed by atoms with Crippen molar-refractivity contribution in [2.45, 2.75) is 38.5 Å². The molecule has 2 atom stereocenters. The molecule has 2 aliphatic rings. The summed E-state index contributed by atoms with van der Waals surface area (Å²) in [6.45, 7) is 3.88. The van der Waals surface area contributed by atoms with Gasteiger partial charge in [-0.25, -0.2) is 4.79 Å². The molecule has 1 aliphatic carbocycles. The molecule has 1 amide bonds. The largest absolute Gasteiger partial charge is 0.490 e. The smallest absolute Gasteiger partial charge is 0.410 e. The highest BCUT2D eigenvalue weighted by molar-refractivity contribution is 5.74. The third kappa shape index (κ3) is 3.58. The van der Waals surface area contributed by atoms with Gasteiger partial charge >= 0.3 is 6.09 Å². The number of amides is 1. The molecular formula is C24H22N4O5. The van der Waals surface area contributed by atoms with Crippen LogP contribution in [0.5, 0.6) is 5.75 Å². The molecule has 2 aromatic carbocycles. The maximum absolute atomic E-state index is 12.2. The Morgan fingerprint density at radius 2 is 2.18 bits per heavy atom. The van der Waals surface area contributed by atoms with E-state index in [1.807, 2.05) is 32.0 Å². The fourth-order valence-electron chi connectivity index (χ4n) is 4.51. The van der Waals surface area contributed by atoms with Crippen molar-refractivity contribution in [1.82, 2.24) is 15.0 Å². The highest BCUT2D eigenvalue weighted by atomic mass is 16.6. The van der Waals surface area contributed by atoms with Crippen LogP contribution in [0.25, 0.3) is 22.8 Å². The number of rotatable bonds is 6. The molecule has 33 heavy (non-hydrogen) atoms. The van der Waals surface area contributed by atoms with Gasteiger partial charge < -0.3 is 19.1 Å². The number of ether oxygens (including phenoxy) is 2. The van der Waals surface area contributed by atoms with Gasteiger partial charge in [-0.15, -0.1) is 0 Å². The lowest BCUT2D eigenvalue weighted by Crippen LogP contribution is -2.30. The van der Waals surface area contributed by atoms with Gasteiger partial charge in [-0.05, 0) is 43.2 Å². The van der Waals surface area contributed by atoms with Gasteiger partial charge in [0.15, 0.2) is 0 Å². The molecule has 1 aliphatic heterocycles. The minimum Gasteiger partial charge on any atom is -0.490 e. The standard InChI is InChI=1S/C24H22N4O5/c1-13(2)31-19-7-6-14(10-15(19)12-25)23-26-22(27-33-23)17-5-3-4-16-18(17)11-20-21(16)28(8-9-29)24(30)32-20/h3-7,10,13,20-21,29H,8-9,11H2,1-2H3/t20?,21-/m0/s1. The van der Waals surface area contributed by atoms with E-state index in [0.717, 1.165) is 16.7 Å². The van der Waals surface area contributed by atoms with Gasteiger partial charge in [0.25, 0.3) is 5.89 Å². The highest BCUT2D eigenvalue weighted by Crippen LogP contribution is 2.45. The number of aliphatic hydroxyl groups is 1. The van der Waals surface area contributed by atoms with Gasteiger partial charge in [0.2, 0.25) is 5.82 Å². The van der Waals surface area contributed by atoms with Crippen LogP contribution < -0.4 is 4.74 Å². The molecule has 3 aromatic rings. The molecule has 9 nitrogen and oxygen atoms in total. The molecule has 9 heteroatoms. The first-order valence-electron chi connectivity index (χ1n) is 10.7. The van der Waals surface area contributed by atoms with Crippen LogP contribution in [0.2, 0.25) is 0 Å². The summed E-state index contributed by atoms with van der Waals surface area (Å²) in [5.74, 6) is 1.22. The van der Waals surface area contributed by atoms with Crippen molar-refractivity contribution >= 4 is 6.09 Å². The van der Waals surface area contributed by atoms with Crippen molar-refractivity contribution in [1.29, 1.82) is 5.26 Å². The number of aliphatic hydroxyl groups excluding tert-OH is 1. The maximum atomic E-state index is 12.2. The van der Waals surface area contributed by atoms with Crippen molar-refractivity contribution in [2.24, 2.45) is 0 Å². The Labute approximate surface area is 190 Å². The second kappa shape index (κ2) is 8.22. The maximum Gasteiger partial charge on any atom is 0.410 e. The lowest BCUT2D eigenvalue weighted by atomic mass is 10.0. The van der Waals surface area contributed by atoms with Gasteiger partial charge in [0.1, 0.15) is 17.9 Å². The number of hydrogen-bond acceptors (Lipinski definition) is 8. The third-order valence-electron chi connectivity index (χ3n) is 5.83. The van der Waals surface area contributed by atoms with Crippen LogP contribution >= 0.6 is 0 Å². The average molecular weight is 446 g/mol. The van der Waals surface area contributed by atoms with Gasteiger partial charge in [0, 0.05) is 24.1 Å². The molecule has 5 rings (SSSR count). The Bertz CT molecular complexity index is 1260. The van der Waals surface area contributed by atoms with E-state index in [-0.39, 0.29) is 31.4 Å². The zero-order valence-electron chi connectivity index (χ0n) is 18.2. The molecule has 0 saturated carbocycles. The van der Waals surface area contributed by atoms with Crippen molar-refractivity contribution in [3.63, 3.8) is 0 Å². The summed E-state index contributed by atoms with van der Waals surface area (Å²) in [6, 6.07) is 12.8. The Morgan fingerprint density at radius 3 is 2.94 bits per heavy atom. The minimum atomic E-state index is -0.407. The van der Waals surface area contributed by atoms with E-state index >= 15 is 0 Å². The number of nitrogens with zero attached hydrogens (tertiary/aromatic N) is 4. The zero-order chi connectivity index (χ0) is 23.1. The molecule has 1 unspecified atom stereocenters. The summed E-state index contributed by atoms with van der Waals surface area (Å²) >= 11 is 0. The average Bonchev–Trinajstić information content (AvgIpc) is 3.49. The monoisotopic (exact) mass is 446 g/mol. The third-order valence-corrected chi connectivity index (χ3v) is 5.83. The van der Waals surface area contributed by atoms with E-state index in [1.54, 1.807) is 23.1 Å². The van der Waals surface area contributed by atoms with Crippen molar-refractivity contribution in [3.8, 4) is 34.7 Å². The summed E-state index contributed by atoms with van der Waals surface area (Å²) < 4.78 is 16.7. The van der Waals surface area contributed by atoms with E-state index in [9.17, 15) is 15.2 Å². The van der Waals surface area contributed by atoms with Gasteiger partial charge in [-0.2, -0.15) is 10.2 Å². The minimum absolute atomic E-state index is 0.0507. The summed E-state index contributed by atoms with van der Waals surface area (Å²) in [7, 11) is 0. The molecule has 0 spiro atoms. The van der Waals surface area contributed by atoms with E-state index in [0.29, 0.717) is 35.0 Å². The molecule has 1 N–H and O–H groups in total. The molecular weight excluding hydrogens is 424 g/mol. The molecule has 168 valence electrons. The topological polar surface area (TPSA) is 122 Å². The van der Waals surface area contributed by atoms with Gasteiger partial charge in [-0.3, -0.25) is 4.90 Å². The van der Waals surface area contributed by atoms with Crippen molar-refractivity contribution < 1.29 is 23.9 Å². The summed E-state index contributed by atoms with van der Waals surface area (Å²) in [6.07, 6.45) is -0.230. The number of aromatic nitrogens is 2. The van der Waals surface area contributed by atoms with E-state index < -0.39 is 6.09 Å². The predicted octanol–water partition coefficient (Wildman–Crippen LogP) is 3.47. The summed E-state index contributed by atoms with van der Waals surface area (Å²) in [4.78, 5) is 18.3. The van der Waals surface area contributed by atoms with E-state index in [4.69, 9.17) is 14.0 Å². The lowest BCUT2D eigenvalue weighted by Gasteiger charge is -2.20.